The summed E-state index contributed by atoms with van der Waals surface area (Å²) in [7, 11) is 1.52. The fourth-order valence-corrected chi connectivity index (χ4v) is 2.28. The second-order valence-corrected chi connectivity index (χ2v) is 5.16. The molecule has 1 aromatic carbocycles. The van der Waals surface area contributed by atoms with Crippen LogP contribution in [0.2, 0.25) is 5.02 Å². The van der Waals surface area contributed by atoms with Crippen LogP contribution in [-0.2, 0) is 4.74 Å². The average molecular weight is 337 g/mol. The van der Waals surface area contributed by atoms with Crippen molar-refractivity contribution in [2.45, 2.75) is 12.5 Å². The van der Waals surface area contributed by atoms with E-state index >= 15 is 0 Å². The van der Waals surface area contributed by atoms with Crippen LogP contribution in [0.5, 0.6) is 0 Å². The standard InChI is InChI=1S/C12H15BrClNO3/c1-18-7-11(16)2-3-15-12(17)8-4-9(13)6-10(14)5-8/h4-6,11,16H,2-3,7H2,1H3,(H,15,17). The third kappa shape index (κ3) is 5.35. The van der Waals surface area contributed by atoms with Crippen LogP contribution in [0, 0.1) is 0 Å². The molecule has 4 nitrogen and oxygen atoms in total. The van der Waals surface area contributed by atoms with Gasteiger partial charge in [-0.15, -0.1) is 0 Å². The van der Waals surface area contributed by atoms with Gasteiger partial charge in [-0.05, 0) is 24.6 Å². The fraction of sp³-hybridized carbons (Fsp3) is 0.417. The minimum atomic E-state index is -0.568. The SMILES string of the molecule is COCC(O)CCNC(=O)c1cc(Cl)cc(Br)c1. The number of ether oxygens (including phenoxy) is 1. The lowest BCUT2D eigenvalue weighted by atomic mass is 10.2. The highest BCUT2D eigenvalue weighted by atomic mass is 79.9. The quantitative estimate of drug-likeness (QED) is 0.837. The molecule has 0 spiro atoms. The molecule has 1 amide bonds. The molecule has 6 heteroatoms. The summed E-state index contributed by atoms with van der Waals surface area (Å²) >= 11 is 9.13. The van der Waals surface area contributed by atoms with Crippen molar-refractivity contribution >= 4 is 33.4 Å². The summed E-state index contributed by atoms with van der Waals surface area (Å²) in [6.07, 6.45) is -0.122. The predicted molar refractivity (Wildman–Crippen MR) is 74.0 cm³/mol. The van der Waals surface area contributed by atoms with Gasteiger partial charge < -0.3 is 15.2 Å². The van der Waals surface area contributed by atoms with Gasteiger partial charge in [0.25, 0.3) is 5.91 Å². The van der Waals surface area contributed by atoms with Gasteiger partial charge in [0.2, 0.25) is 0 Å². The van der Waals surface area contributed by atoms with Crippen molar-refractivity contribution in [1.82, 2.24) is 5.32 Å². The summed E-state index contributed by atoms with van der Waals surface area (Å²) in [5.41, 5.74) is 0.482. The zero-order chi connectivity index (χ0) is 13.5. The molecule has 0 aliphatic carbocycles. The van der Waals surface area contributed by atoms with Gasteiger partial charge in [-0.3, -0.25) is 4.79 Å². The Morgan fingerprint density at radius 1 is 1.56 bits per heavy atom. The third-order valence-corrected chi connectivity index (χ3v) is 2.92. The van der Waals surface area contributed by atoms with Crippen molar-refractivity contribution in [1.29, 1.82) is 0 Å². The van der Waals surface area contributed by atoms with Gasteiger partial charge in [0.15, 0.2) is 0 Å². The van der Waals surface area contributed by atoms with Crippen molar-refractivity contribution < 1.29 is 14.6 Å². The van der Waals surface area contributed by atoms with Crippen LogP contribution in [0.1, 0.15) is 16.8 Å². The molecule has 1 rings (SSSR count). The van der Waals surface area contributed by atoms with Gasteiger partial charge in [0.1, 0.15) is 0 Å². The van der Waals surface area contributed by atoms with E-state index < -0.39 is 6.10 Å². The Labute approximate surface area is 119 Å². The smallest absolute Gasteiger partial charge is 0.251 e. The molecule has 0 bridgehead atoms. The molecule has 1 unspecified atom stereocenters. The Balaban J connectivity index is 2.45. The van der Waals surface area contributed by atoms with E-state index in [2.05, 4.69) is 21.2 Å². The van der Waals surface area contributed by atoms with E-state index in [9.17, 15) is 9.90 Å². The zero-order valence-corrected chi connectivity index (χ0v) is 12.3. The van der Waals surface area contributed by atoms with Gasteiger partial charge >= 0.3 is 0 Å². The van der Waals surface area contributed by atoms with Gasteiger partial charge in [-0.25, -0.2) is 0 Å². The maximum absolute atomic E-state index is 11.8. The lowest BCUT2D eigenvalue weighted by molar-refractivity contribution is 0.0587. The Bertz CT molecular complexity index is 394. The second-order valence-electron chi connectivity index (χ2n) is 3.81. The first-order chi connectivity index (χ1) is 8.52. The molecule has 100 valence electrons. The lowest BCUT2D eigenvalue weighted by Gasteiger charge is -2.10. The average Bonchev–Trinajstić information content (AvgIpc) is 2.27. The van der Waals surface area contributed by atoms with Crippen molar-refractivity contribution in [2.75, 3.05) is 20.3 Å². The van der Waals surface area contributed by atoms with E-state index in [1.807, 2.05) is 0 Å². The number of rotatable bonds is 6. The van der Waals surface area contributed by atoms with E-state index in [1.54, 1.807) is 18.2 Å². The number of hydrogen-bond donors (Lipinski definition) is 2. The molecule has 0 saturated heterocycles. The maximum atomic E-state index is 11.8. The van der Waals surface area contributed by atoms with Crippen LogP contribution in [0.25, 0.3) is 0 Å². The Hall–Kier alpha value is -0.620. The number of amides is 1. The Kier molecular flexibility index (Phi) is 6.63. The first-order valence-electron chi connectivity index (χ1n) is 5.44. The predicted octanol–water partition coefficient (Wildman–Crippen LogP) is 2.23. The topological polar surface area (TPSA) is 58.6 Å². The highest BCUT2D eigenvalue weighted by Gasteiger charge is 2.08. The number of benzene rings is 1. The number of aliphatic hydroxyl groups excluding tert-OH is 1. The molecule has 1 atom stereocenters. The highest BCUT2D eigenvalue weighted by Crippen LogP contribution is 2.19. The number of nitrogens with one attached hydrogen (secondary N) is 1. The van der Waals surface area contributed by atoms with Gasteiger partial charge in [-0.1, -0.05) is 27.5 Å². The molecule has 1 aromatic rings. The fourth-order valence-electron chi connectivity index (χ4n) is 1.42. The number of methoxy groups -OCH3 is 1. The molecule has 0 aliphatic heterocycles. The molecule has 2 N–H and O–H groups in total. The first kappa shape index (κ1) is 15.4. The van der Waals surface area contributed by atoms with Gasteiger partial charge in [0.05, 0.1) is 12.7 Å². The van der Waals surface area contributed by atoms with E-state index in [-0.39, 0.29) is 12.5 Å². The Morgan fingerprint density at radius 3 is 2.89 bits per heavy atom. The molecule has 18 heavy (non-hydrogen) atoms. The highest BCUT2D eigenvalue weighted by molar-refractivity contribution is 9.10. The normalized spacial score (nSPS) is 12.2. The number of hydrogen-bond acceptors (Lipinski definition) is 3. The molecule has 0 aromatic heterocycles. The van der Waals surface area contributed by atoms with Crippen LogP contribution >= 0.6 is 27.5 Å². The summed E-state index contributed by atoms with van der Waals surface area (Å²) in [5.74, 6) is -0.220. The van der Waals surface area contributed by atoms with Crippen LogP contribution in [0.3, 0.4) is 0 Å². The summed E-state index contributed by atoms with van der Waals surface area (Å²) in [6.45, 7) is 0.645. The van der Waals surface area contributed by atoms with E-state index in [0.717, 1.165) is 4.47 Å². The van der Waals surface area contributed by atoms with Crippen molar-refractivity contribution in [3.05, 3.63) is 33.3 Å². The number of carbonyl (C=O) groups is 1. The van der Waals surface area contributed by atoms with Crippen LogP contribution in [0.15, 0.2) is 22.7 Å². The van der Waals surface area contributed by atoms with Crippen molar-refractivity contribution in [3.63, 3.8) is 0 Å². The molecular formula is C12H15BrClNO3. The minimum absolute atomic E-state index is 0.220. The lowest BCUT2D eigenvalue weighted by Crippen LogP contribution is -2.28. The third-order valence-electron chi connectivity index (χ3n) is 2.25. The summed E-state index contributed by atoms with van der Waals surface area (Å²) in [5, 5.41) is 12.6. The van der Waals surface area contributed by atoms with Crippen LogP contribution in [0.4, 0.5) is 0 Å². The molecule has 0 fully saturated rings. The zero-order valence-electron chi connectivity index (χ0n) is 9.95. The maximum Gasteiger partial charge on any atom is 0.251 e. The summed E-state index contributed by atoms with van der Waals surface area (Å²) in [4.78, 5) is 11.8. The molecule has 0 saturated carbocycles. The van der Waals surface area contributed by atoms with Crippen LogP contribution in [-0.4, -0.2) is 37.4 Å². The van der Waals surface area contributed by atoms with Crippen molar-refractivity contribution in [2.24, 2.45) is 0 Å². The van der Waals surface area contributed by atoms with Gasteiger partial charge in [-0.2, -0.15) is 0 Å². The number of aliphatic hydroxyl groups is 1. The molecule has 0 radical (unpaired) electrons. The summed E-state index contributed by atoms with van der Waals surface area (Å²) < 4.78 is 5.54. The van der Waals surface area contributed by atoms with Gasteiger partial charge in [0, 0.05) is 28.7 Å². The van der Waals surface area contributed by atoms with Crippen molar-refractivity contribution in [3.8, 4) is 0 Å². The molecule has 0 aliphatic rings. The first-order valence-corrected chi connectivity index (χ1v) is 6.61. The number of halogens is 2. The molecule has 0 heterocycles. The van der Waals surface area contributed by atoms with Crippen LogP contribution < -0.4 is 5.32 Å². The molecular weight excluding hydrogens is 321 g/mol. The van der Waals surface area contributed by atoms with E-state index in [4.69, 9.17) is 16.3 Å². The van der Waals surface area contributed by atoms with E-state index in [1.165, 1.54) is 7.11 Å². The summed E-state index contributed by atoms with van der Waals surface area (Å²) in [6, 6.07) is 4.99. The minimum Gasteiger partial charge on any atom is -0.391 e. The Morgan fingerprint density at radius 2 is 2.28 bits per heavy atom. The number of carbonyl (C=O) groups excluding carboxylic acids is 1. The largest absolute Gasteiger partial charge is 0.391 e. The second kappa shape index (κ2) is 7.74. The monoisotopic (exact) mass is 335 g/mol. The van der Waals surface area contributed by atoms with E-state index in [0.29, 0.717) is 23.6 Å².